The molecular formula is C5H10O3. The van der Waals surface area contributed by atoms with Gasteiger partial charge in [-0.2, -0.15) is 0 Å². The van der Waals surface area contributed by atoms with Crippen LogP contribution in [-0.4, -0.2) is 29.2 Å². The second kappa shape index (κ2) is 1.69. The number of hydrogen-bond donors (Lipinski definition) is 2. The number of ether oxygens (including phenoxy) is 1. The van der Waals surface area contributed by atoms with Gasteiger partial charge < -0.3 is 14.9 Å². The van der Waals surface area contributed by atoms with Gasteiger partial charge in [-0.15, -0.1) is 0 Å². The number of hydrogen-bond acceptors (Lipinski definition) is 3. The van der Waals surface area contributed by atoms with E-state index in [2.05, 4.69) is 0 Å². The molecule has 0 aromatic rings. The minimum atomic E-state index is -1.53. The average molecular weight is 118 g/mol. The van der Waals surface area contributed by atoms with Crippen LogP contribution >= 0.6 is 0 Å². The first-order valence-corrected chi connectivity index (χ1v) is 2.63. The molecular weight excluding hydrogens is 108 g/mol. The van der Waals surface area contributed by atoms with Crippen molar-refractivity contribution in [1.29, 1.82) is 0 Å². The summed E-state index contributed by atoms with van der Waals surface area (Å²) in [7, 11) is 0. The molecule has 2 N–H and O–H groups in total. The molecule has 1 aliphatic heterocycles. The quantitative estimate of drug-likeness (QED) is 0.449. The molecule has 0 unspecified atom stereocenters. The molecule has 0 bridgehead atoms. The van der Waals surface area contributed by atoms with Gasteiger partial charge >= 0.3 is 0 Å². The second-order valence-electron chi connectivity index (χ2n) is 2.33. The van der Waals surface area contributed by atoms with E-state index in [1.165, 1.54) is 6.92 Å². The molecule has 0 radical (unpaired) electrons. The molecule has 1 fully saturated rings. The Balaban J connectivity index is 2.34. The summed E-state index contributed by atoms with van der Waals surface area (Å²) in [5.41, 5.74) is 0. The highest BCUT2D eigenvalue weighted by atomic mass is 16.5. The molecule has 0 aromatic heterocycles. The normalized spacial score (nSPS) is 22.9. The second-order valence-corrected chi connectivity index (χ2v) is 2.33. The van der Waals surface area contributed by atoms with Gasteiger partial charge in [0.25, 0.3) is 0 Å². The first-order valence-electron chi connectivity index (χ1n) is 2.63. The Morgan fingerprint density at radius 3 is 2.00 bits per heavy atom. The maximum atomic E-state index is 8.81. The fourth-order valence-corrected chi connectivity index (χ4v) is 0.551. The summed E-state index contributed by atoms with van der Waals surface area (Å²) >= 11 is 0. The maximum absolute atomic E-state index is 8.81. The Morgan fingerprint density at radius 2 is 2.00 bits per heavy atom. The monoisotopic (exact) mass is 118 g/mol. The van der Waals surface area contributed by atoms with E-state index < -0.39 is 5.79 Å². The first-order chi connectivity index (χ1) is 3.61. The fourth-order valence-electron chi connectivity index (χ4n) is 0.551. The van der Waals surface area contributed by atoms with Crippen LogP contribution in [0.5, 0.6) is 0 Å². The van der Waals surface area contributed by atoms with Crippen LogP contribution in [0, 0.1) is 5.92 Å². The van der Waals surface area contributed by atoms with Crippen molar-refractivity contribution in [2.75, 3.05) is 13.2 Å². The Kier molecular flexibility index (Phi) is 1.27. The van der Waals surface area contributed by atoms with E-state index in [-0.39, 0.29) is 5.92 Å². The Morgan fingerprint density at radius 1 is 1.50 bits per heavy atom. The van der Waals surface area contributed by atoms with Crippen LogP contribution in [-0.2, 0) is 4.74 Å². The van der Waals surface area contributed by atoms with E-state index in [0.717, 1.165) is 0 Å². The molecule has 3 nitrogen and oxygen atoms in total. The van der Waals surface area contributed by atoms with E-state index in [1.54, 1.807) is 0 Å². The van der Waals surface area contributed by atoms with Crippen molar-refractivity contribution in [3.05, 3.63) is 0 Å². The van der Waals surface area contributed by atoms with Crippen LogP contribution in [0.25, 0.3) is 0 Å². The van der Waals surface area contributed by atoms with E-state index in [9.17, 15) is 0 Å². The fraction of sp³-hybridized carbons (Fsp3) is 1.00. The largest absolute Gasteiger partial charge is 0.380 e. The molecule has 1 aliphatic rings. The maximum Gasteiger partial charge on any atom is 0.166 e. The van der Waals surface area contributed by atoms with Gasteiger partial charge in [0.05, 0.1) is 19.1 Å². The third kappa shape index (κ3) is 0.992. The third-order valence-corrected chi connectivity index (χ3v) is 1.41. The van der Waals surface area contributed by atoms with Gasteiger partial charge in [-0.3, -0.25) is 0 Å². The molecule has 0 saturated carbocycles. The van der Waals surface area contributed by atoms with Crippen molar-refractivity contribution < 1.29 is 14.9 Å². The van der Waals surface area contributed by atoms with Crippen molar-refractivity contribution in [1.82, 2.24) is 0 Å². The average Bonchev–Trinajstić information content (AvgIpc) is 1.16. The minimum absolute atomic E-state index is 0.0810. The Labute approximate surface area is 47.9 Å². The molecule has 1 heterocycles. The zero-order chi connectivity index (χ0) is 6.20. The molecule has 0 amide bonds. The molecule has 0 atom stereocenters. The lowest BCUT2D eigenvalue weighted by Crippen LogP contribution is -2.46. The van der Waals surface area contributed by atoms with Crippen LogP contribution in [0.1, 0.15) is 6.92 Å². The van der Waals surface area contributed by atoms with E-state index in [4.69, 9.17) is 14.9 Å². The van der Waals surface area contributed by atoms with E-state index >= 15 is 0 Å². The third-order valence-electron chi connectivity index (χ3n) is 1.41. The van der Waals surface area contributed by atoms with E-state index in [0.29, 0.717) is 13.2 Å². The van der Waals surface area contributed by atoms with Gasteiger partial charge in [0.15, 0.2) is 5.79 Å². The zero-order valence-corrected chi connectivity index (χ0v) is 4.79. The lowest BCUT2D eigenvalue weighted by molar-refractivity contribution is -0.245. The zero-order valence-electron chi connectivity index (χ0n) is 4.79. The Hall–Kier alpha value is -0.120. The number of aliphatic hydroxyl groups is 2. The standard InChI is InChI=1S/C5H10O3/c1-5(6,7)4-2-8-3-4/h4,6-7H,2-3H2,1H3. The highest BCUT2D eigenvalue weighted by molar-refractivity contribution is 4.75. The predicted molar refractivity (Wildman–Crippen MR) is 27.2 cm³/mol. The van der Waals surface area contributed by atoms with Gasteiger partial charge in [0.2, 0.25) is 0 Å². The number of rotatable bonds is 1. The van der Waals surface area contributed by atoms with Gasteiger partial charge in [0.1, 0.15) is 0 Å². The van der Waals surface area contributed by atoms with Crippen molar-refractivity contribution >= 4 is 0 Å². The van der Waals surface area contributed by atoms with Gasteiger partial charge in [-0.05, 0) is 6.92 Å². The summed E-state index contributed by atoms with van der Waals surface area (Å²) in [5.74, 6) is -1.61. The van der Waals surface area contributed by atoms with Crippen LogP contribution in [0.4, 0.5) is 0 Å². The molecule has 1 rings (SSSR count). The lowest BCUT2D eigenvalue weighted by atomic mass is 9.99. The molecule has 48 valence electrons. The topological polar surface area (TPSA) is 49.7 Å². The summed E-state index contributed by atoms with van der Waals surface area (Å²) in [6.45, 7) is 2.33. The van der Waals surface area contributed by atoms with Crippen LogP contribution in [0.3, 0.4) is 0 Å². The van der Waals surface area contributed by atoms with Crippen molar-refractivity contribution in [3.63, 3.8) is 0 Å². The summed E-state index contributed by atoms with van der Waals surface area (Å²) < 4.78 is 4.74. The van der Waals surface area contributed by atoms with Crippen molar-refractivity contribution in [3.8, 4) is 0 Å². The van der Waals surface area contributed by atoms with Gasteiger partial charge in [0, 0.05) is 0 Å². The molecule has 0 aromatic carbocycles. The van der Waals surface area contributed by atoms with Crippen LogP contribution in [0.2, 0.25) is 0 Å². The smallest absolute Gasteiger partial charge is 0.166 e. The highest BCUT2D eigenvalue weighted by Crippen LogP contribution is 2.21. The van der Waals surface area contributed by atoms with Crippen LogP contribution in [0.15, 0.2) is 0 Å². The first kappa shape index (κ1) is 6.01. The summed E-state index contributed by atoms with van der Waals surface area (Å²) in [6.07, 6.45) is 0. The molecule has 3 heteroatoms. The molecule has 8 heavy (non-hydrogen) atoms. The minimum Gasteiger partial charge on any atom is -0.380 e. The molecule has 1 saturated heterocycles. The van der Waals surface area contributed by atoms with Crippen molar-refractivity contribution in [2.45, 2.75) is 12.7 Å². The predicted octanol–water partition coefficient (Wildman–Crippen LogP) is -0.666. The van der Waals surface area contributed by atoms with Gasteiger partial charge in [-0.1, -0.05) is 0 Å². The molecule has 0 spiro atoms. The summed E-state index contributed by atoms with van der Waals surface area (Å²) in [6, 6.07) is 0. The molecule has 0 aliphatic carbocycles. The summed E-state index contributed by atoms with van der Waals surface area (Å²) in [4.78, 5) is 0. The summed E-state index contributed by atoms with van der Waals surface area (Å²) in [5, 5.41) is 17.6. The lowest BCUT2D eigenvalue weighted by Gasteiger charge is -2.34. The van der Waals surface area contributed by atoms with Crippen LogP contribution < -0.4 is 0 Å². The van der Waals surface area contributed by atoms with Gasteiger partial charge in [-0.25, -0.2) is 0 Å². The van der Waals surface area contributed by atoms with Crippen molar-refractivity contribution in [2.24, 2.45) is 5.92 Å². The SMILES string of the molecule is CC(O)(O)C1COC1. The Bertz CT molecular complexity index is 80.2. The van der Waals surface area contributed by atoms with E-state index in [1.807, 2.05) is 0 Å². The highest BCUT2D eigenvalue weighted by Gasteiger charge is 2.34.